The Morgan fingerprint density at radius 3 is 2.65 bits per heavy atom. The van der Waals surface area contributed by atoms with Crippen LogP contribution in [0.15, 0.2) is 52.3 Å². The number of aryl methyl sites for hydroxylation is 1. The molecule has 0 spiro atoms. The summed E-state index contributed by atoms with van der Waals surface area (Å²) < 4.78 is 12.6. The summed E-state index contributed by atoms with van der Waals surface area (Å²) in [7, 11) is -1.00. The second-order valence-corrected chi connectivity index (χ2v) is 5.70. The normalized spacial score (nSPS) is 17.4. The summed E-state index contributed by atoms with van der Waals surface area (Å²) in [5, 5.41) is 0. The van der Waals surface area contributed by atoms with E-state index in [4.69, 9.17) is 0 Å². The van der Waals surface area contributed by atoms with E-state index in [-0.39, 0.29) is 0 Å². The number of hydrogen-bond donors (Lipinski definition) is 0. The molecule has 0 saturated carbocycles. The van der Waals surface area contributed by atoms with Gasteiger partial charge >= 0.3 is 0 Å². The molecule has 0 fully saturated rings. The van der Waals surface area contributed by atoms with Crippen LogP contribution >= 0.6 is 0 Å². The Balaban J connectivity index is 2.24. The van der Waals surface area contributed by atoms with Crippen LogP contribution < -0.4 is 0 Å². The van der Waals surface area contributed by atoms with Gasteiger partial charge in [0, 0.05) is 4.90 Å². The van der Waals surface area contributed by atoms with Gasteiger partial charge in [-0.3, -0.25) is 0 Å². The zero-order valence-electron chi connectivity index (χ0n) is 9.77. The first kappa shape index (κ1) is 10.7. The molecule has 0 aliphatic carbocycles. The Labute approximate surface area is 104 Å². The number of benzene rings is 2. The summed E-state index contributed by atoms with van der Waals surface area (Å²) in [6, 6.07) is 14.3. The molecule has 1 aliphatic rings. The van der Waals surface area contributed by atoms with Crippen molar-refractivity contribution in [1.29, 1.82) is 0 Å². The van der Waals surface area contributed by atoms with Gasteiger partial charge in [-0.1, -0.05) is 43.3 Å². The molecule has 1 unspecified atom stereocenters. The molecule has 0 amide bonds. The van der Waals surface area contributed by atoms with Crippen LogP contribution in [-0.2, 0) is 23.6 Å². The highest BCUT2D eigenvalue weighted by atomic mass is 32.2. The summed E-state index contributed by atoms with van der Waals surface area (Å²) in [4.78, 5) is 2.04. The Morgan fingerprint density at radius 1 is 1.06 bits per heavy atom. The van der Waals surface area contributed by atoms with Gasteiger partial charge in [0.15, 0.2) is 0 Å². The number of fused-ring (bicyclic) bond motifs is 2. The van der Waals surface area contributed by atoms with Crippen molar-refractivity contribution in [1.82, 2.24) is 0 Å². The molecule has 1 aliphatic heterocycles. The molecule has 0 aromatic heterocycles. The highest BCUT2D eigenvalue weighted by molar-refractivity contribution is 7.85. The predicted molar refractivity (Wildman–Crippen MR) is 69.7 cm³/mol. The van der Waals surface area contributed by atoms with E-state index in [1.165, 1.54) is 16.7 Å². The van der Waals surface area contributed by atoms with E-state index in [1.807, 2.05) is 18.2 Å². The fourth-order valence-corrected chi connectivity index (χ4v) is 4.07. The third kappa shape index (κ3) is 1.64. The van der Waals surface area contributed by atoms with Crippen LogP contribution in [0.3, 0.4) is 0 Å². The number of rotatable bonds is 1. The first-order valence-corrected chi connectivity index (χ1v) is 7.06. The standard InChI is InChI=1S/C15H14OS/c1-2-11-7-5-8-13-10-12-6-3-4-9-14(12)17(16)15(11)13/h3-9H,2,10H2,1H3. The van der Waals surface area contributed by atoms with Crippen LogP contribution in [0.1, 0.15) is 23.6 Å². The van der Waals surface area contributed by atoms with Crippen molar-refractivity contribution in [2.75, 3.05) is 0 Å². The van der Waals surface area contributed by atoms with E-state index >= 15 is 0 Å². The van der Waals surface area contributed by atoms with E-state index < -0.39 is 10.8 Å². The molecule has 1 atom stereocenters. The van der Waals surface area contributed by atoms with Crippen molar-refractivity contribution < 1.29 is 4.21 Å². The van der Waals surface area contributed by atoms with Crippen molar-refractivity contribution in [2.24, 2.45) is 0 Å². The summed E-state index contributed by atoms with van der Waals surface area (Å²) in [6.07, 6.45) is 1.85. The third-order valence-electron chi connectivity index (χ3n) is 3.30. The maximum Gasteiger partial charge on any atom is 0.0858 e. The molecule has 1 heterocycles. The van der Waals surface area contributed by atoms with Crippen molar-refractivity contribution >= 4 is 10.8 Å². The van der Waals surface area contributed by atoms with E-state index in [2.05, 4.69) is 31.2 Å². The fraction of sp³-hybridized carbons (Fsp3) is 0.200. The van der Waals surface area contributed by atoms with Gasteiger partial charge in [0.05, 0.1) is 15.7 Å². The summed E-state index contributed by atoms with van der Waals surface area (Å²) in [5.41, 5.74) is 3.64. The maximum absolute atomic E-state index is 12.6. The monoisotopic (exact) mass is 242 g/mol. The smallest absolute Gasteiger partial charge is 0.0858 e. The highest BCUT2D eigenvalue weighted by Crippen LogP contribution is 2.33. The molecule has 2 aromatic carbocycles. The lowest BCUT2D eigenvalue weighted by Gasteiger charge is -2.21. The molecule has 17 heavy (non-hydrogen) atoms. The Hall–Kier alpha value is -1.41. The molecular weight excluding hydrogens is 228 g/mol. The molecule has 0 bridgehead atoms. The minimum absolute atomic E-state index is 0.908. The largest absolute Gasteiger partial charge is 0.249 e. The van der Waals surface area contributed by atoms with Gasteiger partial charge in [0.2, 0.25) is 0 Å². The van der Waals surface area contributed by atoms with Crippen LogP contribution in [0.4, 0.5) is 0 Å². The lowest BCUT2D eigenvalue weighted by atomic mass is 10.0. The molecule has 0 saturated heterocycles. The van der Waals surface area contributed by atoms with E-state index in [0.717, 1.165) is 22.6 Å². The van der Waals surface area contributed by atoms with Gasteiger partial charge in [-0.15, -0.1) is 0 Å². The van der Waals surface area contributed by atoms with Gasteiger partial charge in [0.1, 0.15) is 0 Å². The third-order valence-corrected chi connectivity index (χ3v) is 4.99. The average Bonchev–Trinajstić information content (AvgIpc) is 2.38. The van der Waals surface area contributed by atoms with Gasteiger partial charge in [-0.2, -0.15) is 0 Å². The van der Waals surface area contributed by atoms with Crippen LogP contribution in [0.5, 0.6) is 0 Å². The van der Waals surface area contributed by atoms with Crippen LogP contribution in [0.2, 0.25) is 0 Å². The van der Waals surface area contributed by atoms with E-state index in [1.54, 1.807) is 0 Å². The molecule has 2 aromatic rings. The molecule has 0 N–H and O–H groups in total. The van der Waals surface area contributed by atoms with Gasteiger partial charge in [0.25, 0.3) is 0 Å². The second-order valence-electron chi connectivity index (χ2n) is 4.31. The average molecular weight is 242 g/mol. The Kier molecular flexibility index (Phi) is 2.60. The van der Waals surface area contributed by atoms with E-state index in [9.17, 15) is 4.21 Å². The van der Waals surface area contributed by atoms with Crippen molar-refractivity contribution in [3.8, 4) is 0 Å². The first-order chi connectivity index (χ1) is 8.31. The minimum Gasteiger partial charge on any atom is -0.249 e. The Bertz CT molecular complexity index is 602. The second kappa shape index (κ2) is 4.11. The quantitative estimate of drug-likeness (QED) is 0.640. The molecule has 2 heteroatoms. The highest BCUT2D eigenvalue weighted by Gasteiger charge is 2.23. The lowest BCUT2D eigenvalue weighted by molar-refractivity contribution is 0.678. The van der Waals surface area contributed by atoms with Gasteiger partial charge in [-0.05, 0) is 35.6 Å². The maximum atomic E-state index is 12.6. The van der Waals surface area contributed by atoms with Crippen molar-refractivity contribution in [3.05, 3.63) is 59.2 Å². The Morgan fingerprint density at radius 2 is 1.82 bits per heavy atom. The zero-order valence-corrected chi connectivity index (χ0v) is 10.6. The molecule has 3 rings (SSSR count). The van der Waals surface area contributed by atoms with Crippen LogP contribution in [0.25, 0.3) is 0 Å². The van der Waals surface area contributed by atoms with Gasteiger partial charge in [-0.25, -0.2) is 4.21 Å². The molecule has 1 nitrogen and oxygen atoms in total. The molecular formula is C15H14OS. The minimum atomic E-state index is -1.00. The lowest BCUT2D eigenvalue weighted by Crippen LogP contribution is -2.11. The number of hydrogen-bond acceptors (Lipinski definition) is 1. The summed E-state index contributed by atoms with van der Waals surface area (Å²) >= 11 is 0. The topological polar surface area (TPSA) is 17.1 Å². The fourth-order valence-electron chi connectivity index (χ4n) is 2.44. The van der Waals surface area contributed by atoms with Crippen LogP contribution in [0, 0.1) is 0 Å². The van der Waals surface area contributed by atoms with Crippen LogP contribution in [-0.4, -0.2) is 4.21 Å². The molecule has 0 radical (unpaired) electrons. The molecule has 86 valence electrons. The van der Waals surface area contributed by atoms with E-state index in [0.29, 0.717) is 0 Å². The predicted octanol–water partition coefficient (Wildman–Crippen LogP) is 3.32. The SMILES string of the molecule is CCc1cccc2c1S(=O)c1ccccc1C2. The first-order valence-electron chi connectivity index (χ1n) is 5.91. The summed E-state index contributed by atoms with van der Waals surface area (Å²) in [6.45, 7) is 2.12. The van der Waals surface area contributed by atoms with Crippen molar-refractivity contribution in [2.45, 2.75) is 29.6 Å². The van der Waals surface area contributed by atoms with Crippen molar-refractivity contribution in [3.63, 3.8) is 0 Å². The van der Waals surface area contributed by atoms with Gasteiger partial charge < -0.3 is 0 Å². The summed E-state index contributed by atoms with van der Waals surface area (Å²) in [5.74, 6) is 0. The zero-order chi connectivity index (χ0) is 11.8.